The fraction of sp³-hybridized carbons (Fsp3) is 0.0526. The van der Waals surface area contributed by atoms with E-state index in [2.05, 4.69) is 10.5 Å². The Hall–Kier alpha value is -3.83. The molecule has 1 heterocycles. The van der Waals surface area contributed by atoms with E-state index in [-0.39, 0.29) is 33.4 Å². The van der Waals surface area contributed by atoms with Crippen LogP contribution in [-0.2, 0) is 6.54 Å². The quantitative estimate of drug-likeness (QED) is 0.315. The molecule has 0 bridgehead atoms. The molecule has 1 amide bonds. The van der Waals surface area contributed by atoms with Gasteiger partial charge in [0.2, 0.25) is 0 Å². The number of nitrogens with zero attached hydrogens (tertiary/aromatic N) is 3. The van der Waals surface area contributed by atoms with Crippen molar-refractivity contribution >= 4 is 46.7 Å². The Balaban J connectivity index is 1.74. The zero-order chi connectivity index (χ0) is 22.5. The van der Waals surface area contributed by atoms with Crippen molar-refractivity contribution in [2.45, 2.75) is 6.54 Å². The molecule has 3 rings (SSSR count). The number of hydrazone groups is 1. The minimum Gasteiger partial charge on any atom is -0.478 e. The summed E-state index contributed by atoms with van der Waals surface area (Å²) in [5, 5.41) is 23.7. The first-order chi connectivity index (χ1) is 14.8. The van der Waals surface area contributed by atoms with Crippen LogP contribution >= 0.6 is 22.9 Å². The molecule has 0 radical (unpaired) electrons. The lowest BCUT2D eigenvalue weighted by Crippen LogP contribution is -2.17. The highest BCUT2D eigenvalue weighted by Gasteiger charge is 2.14. The molecule has 12 heteroatoms. The van der Waals surface area contributed by atoms with E-state index in [1.165, 1.54) is 41.1 Å². The number of nitro groups is 1. The fourth-order valence-electron chi connectivity index (χ4n) is 2.58. The molecule has 0 fully saturated rings. The maximum Gasteiger partial charge on any atom is 0.335 e. The molecular weight excluding hydrogens is 448 g/mol. The summed E-state index contributed by atoms with van der Waals surface area (Å²) in [5.74, 6) is -1.76. The van der Waals surface area contributed by atoms with Crippen LogP contribution in [0.1, 0.15) is 31.2 Å². The third kappa shape index (κ3) is 5.21. The van der Waals surface area contributed by atoms with Gasteiger partial charge in [-0.15, -0.1) is 0 Å². The van der Waals surface area contributed by atoms with Gasteiger partial charge in [-0.1, -0.05) is 41.1 Å². The molecule has 10 nitrogen and oxygen atoms in total. The number of carboxylic acid groups (broad SMARTS) is 1. The molecule has 0 aliphatic carbocycles. The van der Waals surface area contributed by atoms with Crippen LogP contribution in [0.25, 0.3) is 0 Å². The zero-order valence-corrected chi connectivity index (χ0v) is 17.1. The van der Waals surface area contributed by atoms with Crippen LogP contribution in [0.15, 0.2) is 58.4 Å². The van der Waals surface area contributed by atoms with Crippen molar-refractivity contribution in [1.82, 2.24) is 9.99 Å². The number of rotatable bonds is 7. The van der Waals surface area contributed by atoms with Gasteiger partial charge in [-0.2, -0.15) is 5.10 Å². The van der Waals surface area contributed by atoms with Gasteiger partial charge in [-0.3, -0.25) is 24.3 Å². The maximum absolute atomic E-state index is 12.3. The predicted molar refractivity (Wildman–Crippen MR) is 114 cm³/mol. The van der Waals surface area contributed by atoms with Gasteiger partial charge in [0, 0.05) is 17.7 Å². The molecule has 31 heavy (non-hydrogen) atoms. The van der Waals surface area contributed by atoms with Crippen LogP contribution in [0.4, 0.5) is 5.69 Å². The van der Waals surface area contributed by atoms with E-state index in [4.69, 9.17) is 16.7 Å². The average molecular weight is 461 g/mol. The van der Waals surface area contributed by atoms with Crippen molar-refractivity contribution in [2.24, 2.45) is 5.10 Å². The number of non-ortho nitro benzene ring substituents is 1. The summed E-state index contributed by atoms with van der Waals surface area (Å²) < 4.78 is 1.25. The Kier molecular flexibility index (Phi) is 6.58. The third-order valence-corrected chi connectivity index (χ3v) is 5.47. The lowest BCUT2D eigenvalue weighted by atomic mass is 10.1. The van der Waals surface area contributed by atoms with Gasteiger partial charge in [0.05, 0.1) is 28.1 Å². The van der Waals surface area contributed by atoms with Crippen LogP contribution in [0.3, 0.4) is 0 Å². The molecular formula is C19H13ClN4O6S. The monoisotopic (exact) mass is 460 g/mol. The second kappa shape index (κ2) is 9.32. The van der Waals surface area contributed by atoms with Crippen LogP contribution < -0.4 is 10.3 Å². The van der Waals surface area contributed by atoms with Gasteiger partial charge < -0.3 is 5.11 Å². The molecule has 0 aliphatic heterocycles. The molecule has 2 aromatic carbocycles. The van der Waals surface area contributed by atoms with E-state index < -0.39 is 21.7 Å². The number of hydrogen-bond donors (Lipinski definition) is 2. The standard InChI is InChI=1S/C19H13ClN4O6S/c20-16-15(9-21-22-17(25)12-4-2-6-14(8-12)24(29)30)31-19(28)23(16)10-11-3-1-5-13(7-11)18(26)27/h1-9H,10H2,(H,22,25)(H,26,27). The van der Waals surface area contributed by atoms with E-state index >= 15 is 0 Å². The van der Waals surface area contributed by atoms with Gasteiger partial charge in [-0.05, 0) is 23.8 Å². The van der Waals surface area contributed by atoms with Crippen LogP contribution in [-0.4, -0.2) is 32.7 Å². The molecule has 0 atom stereocenters. The summed E-state index contributed by atoms with van der Waals surface area (Å²) in [5.41, 5.74) is 2.69. The van der Waals surface area contributed by atoms with Crippen molar-refractivity contribution in [2.75, 3.05) is 0 Å². The lowest BCUT2D eigenvalue weighted by Gasteiger charge is -2.05. The highest BCUT2D eigenvalue weighted by atomic mass is 35.5. The van der Waals surface area contributed by atoms with E-state index in [9.17, 15) is 24.5 Å². The van der Waals surface area contributed by atoms with Crippen LogP contribution in [0.2, 0.25) is 5.15 Å². The summed E-state index contributed by atoms with van der Waals surface area (Å²) in [6.07, 6.45) is 1.19. The number of thiazole rings is 1. The van der Waals surface area contributed by atoms with Crippen LogP contribution in [0.5, 0.6) is 0 Å². The number of carbonyl (C=O) groups excluding carboxylic acids is 1. The molecule has 1 aromatic heterocycles. The number of nitro benzene ring substituents is 1. The Labute approximate surface area is 183 Å². The minimum absolute atomic E-state index is 0.0431. The second-order valence-corrected chi connectivity index (χ2v) is 7.47. The van der Waals surface area contributed by atoms with Crippen molar-refractivity contribution < 1.29 is 19.6 Å². The number of nitrogens with one attached hydrogen (secondary N) is 1. The van der Waals surface area contributed by atoms with Gasteiger partial charge in [-0.25, -0.2) is 10.2 Å². The Morgan fingerprint density at radius 3 is 2.65 bits per heavy atom. The van der Waals surface area contributed by atoms with Gasteiger partial charge in [0.25, 0.3) is 11.6 Å². The fourth-order valence-corrected chi connectivity index (χ4v) is 3.68. The first kappa shape index (κ1) is 21.9. The topological polar surface area (TPSA) is 144 Å². The number of amides is 1. The number of hydrogen-bond acceptors (Lipinski definition) is 7. The number of carboxylic acids is 1. The number of aromatic nitrogens is 1. The van der Waals surface area contributed by atoms with Crippen molar-refractivity contribution in [3.05, 3.63) is 95.0 Å². The molecule has 0 saturated carbocycles. The summed E-state index contributed by atoms with van der Waals surface area (Å²) in [4.78, 5) is 45.5. The number of carbonyl (C=O) groups is 2. The van der Waals surface area contributed by atoms with Gasteiger partial charge >= 0.3 is 10.8 Å². The Morgan fingerprint density at radius 1 is 1.23 bits per heavy atom. The molecule has 0 unspecified atom stereocenters. The van der Waals surface area contributed by atoms with Gasteiger partial charge in [0.15, 0.2) is 0 Å². The summed E-state index contributed by atoms with van der Waals surface area (Å²) in [6.45, 7) is 0.0587. The zero-order valence-electron chi connectivity index (χ0n) is 15.5. The minimum atomic E-state index is -1.09. The smallest absolute Gasteiger partial charge is 0.335 e. The summed E-state index contributed by atoms with van der Waals surface area (Å²) in [6, 6.07) is 11.2. The van der Waals surface area contributed by atoms with Gasteiger partial charge in [0.1, 0.15) is 5.15 Å². The highest BCUT2D eigenvalue weighted by Crippen LogP contribution is 2.19. The van der Waals surface area contributed by atoms with Crippen molar-refractivity contribution in [1.29, 1.82) is 0 Å². The second-order valence-electron chi connectivity index (χ2n) is 6.12. The number of halogens is 1. The molecule has 2 N–H and O–H groups in total. The van der Waals surface area contributed by atoms with E-state index in [1.807, 2.05) is 0 Å². The Bertz CT molecular complexity index is 1270. The highest BCUT2D eigenvalue weighted by molar-refractivity contribution is 7.11. The van der Waals surface area contributed by atoms with E-state index in [0.29, 0.717) is 5.56 Å². The SMILES string of the molecule is O=C(O)c1cccc(Cn2c(Cl)c(C=NNC(=O)c3cccc([N+](=O)[O-])c3)sc2=O)c1. The van der Waals surface area contributed by atoms with Crippen molar-refractivity contribution in [3.63, 3.8) is 0 Å². The molecule has 0 spiro atoms. The largest absolute Gasteiger partial charge is 0.478 e. The average Bonchev–Trinajstić information content (AvgIpc) is 3.01. The molecule has 3 aromatic rings. The number of benzene rings is 2. The van der Waals surface area contributed by atoms with Crippen molar-refractivity contribution in [3.8, 4) is 0 Å². The third-order valence-electron chi connectivity index (χ3n) is 4.04. The molecule has 158 valence electrons. The first-order valence-electron chi connectivity index (χ1n) is 8.55. The lowest BCUT2D eigenvalue weighted by molar-refractivity contribution is -0.384. The van der Waals surface area contributed by atoms with E-state index in [0.717, 1.165) is 17.4 Å². The first-order valence-corrected chi connectivity index (χ1v) is 9.75. The molecule has 0 saturated heterocycles. The van der Waals surface area contributed by atoms with E-state index in [1.54, 1.807) is 12.1 Å². The Morgan fingerprint density at radius 2 is 1.94 bits per heavy atom. The predicted octanol–water partition coefficient (Wildman–Crippen LogP) is 2.98. The normalized spacial score (nSPS) is 10.9. The van der Waals surface area contributed by atoms with Crippen LogP contribution in [0, 0.1) is 10.1 Å². The maximum atomic E-state index is 12.3. The molecule has 0 aliphatic rings. The summed E-state index contributed by atoms with van der Waals surface area (Å²) in [7, 11) is 0. The number of aromatic carboxylic acids is 1. The summed E-state index contributed by atoms with van der Waals surface area (Å²) >= 11 is 7.04.